The molecule has 0 aliphatic heterocycles. The zero-order valence-corrected chi connectivity index (χ0v) is 16.6. The molecule has 5 nitrogen and oxygen atoms in total. The van der Waals surface area contributed by atoms with Gasteiger partial charge in [-0.2, -0.15) is 0 Å². The van der Waals surface area contributed by atoms with Crippen LogP contribution >= 0.6 is 11.6 Å². The lowest BCUT2D eigenvalue weighted by Crippen LogP contribution is -2.17. The van der Waals surface area contributed by atoms with Crippen LogP contribution in [0, 0.1) is 20.8 Å². The minimum absolute atomic E-state index is 0.285. The predicted octanol–water partition coefficient (Wildman–Crippen LogP) is 5.16. The van der Waals surface area contributed by atoms with Crippen molar-refractivity contribution in [2.45, 2.75) is 20.8 Å². The van der Waals surface area contributed by atoms with E-state index in [4.69, 9.17) is 11.6 Å². The maximum absolute atomic E-state index is 12.6. The maximum atomic E-state index is 12.6. The third-order valence-electron chi connectivity index (χ3n) is 4.41. The van der Waals surface area contributed by atoms with Gasteiger partial charge in [0.25, 0.3) is 11.8 Å². The second kappa shape index (κ2) is 8.23. The Labute approximate surface area is 168 Å². The molecule has 6 heteroatoms. The Morgan fingerprint density at radius 3 is 2.14 bits per heavy atom. The number of aryl methyl sites for hydroxylation is 2. The van der Waals surface area contributed by atoms with Gasteiger partial charge in [0, 0.05) is 28.8 Å². The lowest BCUT2D eigenvalue weighted by atomic mass is 10.1. The molecule has 3 rings (SSSR count). The standard InChI is InChI=1S/C22H20ClN3O2/c1-13-7-8-19(14(2)9-13)25-21(27)16-10-17(12-24-11-16)22(28)26-20-6-4-5-18(23)15(20)3/h4-12H,1-3H3,(H,25,27)(H,26,28). The van der Waals surface area contributed by atoms with Crippen molar-refractivity contribution in [2.75, 3.05) is 10.6 Å². The largest absolute Gasteiger partial charge is 0.322 e. The molecule has 142 valence electrons. The first kappa shape index (κ1) is 19.6. The molecule has 2 N–H and O–H groups in total. The van der Waals surface area contributed by atoms with Crippen LogP contribution in [0.1, 0.15) is 37.4 Å². The Bertz CT molecular complexity index is 1060. The summed E-state index contributed by atoms with van der Waals surface area (Å²) in [5.41, 5.74) is 4.78. The number of rotatable bonds is 4. The van der Waals surface area contributed by atoms with Crippen LogP contribution in [-0.4, -0.2) is 16.8 Å². The van der Waals surface area contributed by atoms with E-state index in [1.54, 1.807) is 18.2 Å². The number of hydrogen-bond donors (Lipinski definition) is 2. The molecule has 28 heavy (non-hydrogen) atoms. The van der Waals surface area contributed by atoms with E-state index in [0.717, 1.165) is 22.4 Å². The molecule has 0 radical (unpaired) electrons. The first-order valence-corrected chi connectivity index (χ1v) is 9.13. The van der Waals surface area contributed by atoms with Gasteiger partial charge in [-0.25, -0.2) is 0 Å². The summed E-state index contributed by atoms with van der Waals surface area (Å²) in [7, 11) is 0. The zero-order valence-electron chi connectivity index (χ0n) is 15.8. The first-order chi connectivity index (χ1) is 13.3. The fraction of sp³-hybridized carbons (Fsp3) is 0.136. The van der Waals surface area contributed by atoms with Crippen LogP contribution in [0.25, 0.3) is 0 Å². The van der Waals surface area contributed by atoms with E-state index in [0.29, 0.717) is 16.3 Å². The van der Waals surface area contributed by atoms with Gasteiger partial charge in [0.15, 0.2) is 0 Å². The van der Waals surface area contributed by atoms with Crippen LogP contribution in [0.5, 0.6) is 0 Å². The fourth-order valence-corrected chi connectivity index (χ4v) is 2.95. The number of aromatic nitrogens is 1. The van der Waals surface area contributed by atoms with Crippen molar-refractivity contribution in [3.8, 4) is 0 Å². The van der Waals surface area contributed by atoms with E-state index in [1.165, 1.54) is 18.5 Å². The molecule has 0 saturated heterocycles. The summed E-state index contributed by atoms with van der Waals surface area (Å²) in [6.45, 7) is 5.74. The summed E-state index contributed by atoms with van der Waals surface area (Å²) in [5, 5.41) is 6.23. The van der Waals surface area contributed by atoms with E-state index in [2.05, 4.69) is 15.6 Å². The number of pyridine rings is 1. The lowest BCUT2D eigenvalue weighted by molar-refractivity contribution is 0.102. The van der Waals surface area contributed by atoms with Crippen LogP contribution in [0.3, 0.4) is 0 Å². The molecule has 0 aliphatic rings. The number of anilines is 2. The minimum atomic E-state index is -0.362. The van der Waals surface area contributed by atoms with Crippen molar-refractivity contribution in [1.82, 2.24) is 4.98 Å². The molecule has 0 spiro atoms. The predicted molar refractivity (Wildman–Crippen MR) is 112 cm³/mol. The number of hydrogen-bond acceptors (Lipinski definition) is 3. The molecule has 0 unspecified atom stereocenters. The van der Waals surface area contributed by atoms with E-state index >= 15 is 0 Å². The SMILES string of the molecule is Cc1ccc(NC(=O)c2cncc(C(=O)Nc3cccc(Cl)c3C)c2)c(C)c1. The molecule has 2 aromatic carbocycles. The molecule has 3 aromatic rings. The number of amides is 2. The Kier molecular flexibility index (Phi) is 5.76. The molecule has 1 aromatic heterocycles. The van der Waals surface area contributed by atoms with Gasteiger partial charge >= 0.3 is 0 Å². The van der Waals surface area contributed by atoms with Gasteiger partial charge in [0.2, 0.25) is 0 Å². The smallest absolute Gasteiger partial charge is 0.257 e. The van der Waals surface area contributed by atoms with Gasteiger partial charge < -0.3 is 10.6 Å². The van der Waals surface area contributed by atoms with E-state index in [1.807, 2.05) is 39.0 Å². The van der Waals surface area contributed by atoms with Gasteiger partial charge in [-0.05, 0) is 56.2 Å². The van der Waals surface area contributed by atoms with Crippen LogP contribution in [-0.2, 0) is 0 Å². The summed E-state index contributed by atoms with van der Waals surface area (Å²) >= 11 is 6.09. The monoisotopic (exact) mass is 393 g/mol. The van der Waals surface area contributed by atoms with Crippen molar-refractivity contribution in [3.05, 3.63) is 87.7 Å². The third kappa shape index (κ3) is 4.38. The summed E-state index contributed by atoms with van der Waals surface area (Å²) in [6.07, 6.45) is 2.85. The quantitative estimate of drug-likeness (QED) is 0.642. The normalized spacial score (nSPS) is 10.4. The highest BCUT2D eigenvalue weighted by Gasteiger charge is 2.14. The minimum Gasteiger partial charge on any atom is -0.322 e. The van der Waals surface area contributed by atoms with E-state index in [9.17, 15) is 9.59 Å². The second-order valence-corrected chi connectivity index (χ2v) is 7.01. The number of carbonyl (C=O) groups is 2. The summed E-state index contributed by atoms with van der Waals surface area (Å²) in [5.74, 6) is -0.688. The van der Waals surface area contributed by atoms with Crippen molar-refractivity contribution in [3.63, 3.8) is 0 Å². The van der Waals surface area contributed by atoms with Crippen LogP contribution in [0.4, 0.5) is 11.4 Å². The molecular weight excluding hydrogens is 374 g/mol. The van der Waals surface area contributed by atoms with Crippen LogP contribution < -0.4 is 10.6 Å². The van der Waals surface area contributed by atoms with Gasteiger partial charge in [0.1, 0.15) is 0 Å². The lowest BCUT2D eigenvalue weighted by Gasteiger charge is -2.11. The van der Waals surface area contributed by atoms with Crippen molar-refractivity contribution in [1.29, 1.82) is 0 Å². The Morgan fingerprint density at radius 1 is 0.857 bits per heavy atom. The Hall–Kier alpha value is -3.18. The Morgan fingerprint density at radius 2 is 1.50 bits per heavy atom. The average Bonchev–Trinajstić information content (AvgIpc) is 2.67. The van der Waals surface area contributed by atoms with E-state index < -0.39 is 0 Å². The van der Waals surface area contributed by atoms with Gasteiger partial charge in [-0.1, -0.05) is 35.4 Å². The molecule has 0 aliphatic carbocycles. The molecule has 2 amide bonds. The molecule has 0 fully saturated rings. The first-order valence-electron chi connectivity index (χ1n) is 8.75. The van der Waals surface area contributed by atoms with E-state index in [-0.39, 0.29) is 17.4 Å². The second-order valence-electron chi connectivity index (χ2n) is 6.60. The summed E-state index contributed by atoms with van der Waals surface area (Å²) < 4.78 is 0. The van der Waals surface area contributed by atoms with Gasteiger partial charge in [0.05, 0.1) is 11.1 Å². The number of halogens is 1. The fourth-order valence-electron chi connectivity index (χ4n) is 2.77. The average molecular weight is 394 g/mol. The maximum Gasteiger partial charge on any atom is 0.257 e. The number of nitrogens with one attached hydrogen (secondary N) is 2. The van der Waals surface area contributed by atoms with Gasteiger partial charge in [-0.3, -0.25) is 14.6 Å². The molecule has 0 saturated carbocycles. The van der Waals surface area contributed by atoms with Crippen molar-refractivity contribution >= 4 is 34.8 Å². The molecular formula is C22H20ClN3O2. The highest BCUT2D eigenvalue weighted by molar-refractivity contribution is 6.31. The highest BCUT2D eigenvalue weighted by atomic mass is 35.5. The van der Waals surface area contributed by atoms with Gasteiger partial charge in [-0.15, -0.1) is 0 Å². The molecule has 1 heterocycles. The molecule has 0 atom stereocenters. The number of nitrogens with zero attached hydrogens (tertiary/aromatic N) is 1. The molecule has 0 bridgehead atoms. The number of carbonyl (C=O) groups excluding carboxylic acids is 2. The van der Waals surface area contributed by atoms with Crippen LogP contribution in [0.15, 0.2) is 54.9 Å². The van der Waals surface area contributed by atoms with Crippen molar-refractivity contribution in [2.24, 2.45) is 0 Å². The highest BCUT2D eigenvalue weighted by Crippen LogP contribution is 2.23. The van der Waals surface area contributed by atoms with Crippen molar-refractivity contribution < 1.29 is 9.59 Å². The topological polar surface area (TPSA) is 71.1 Å². The third-order valence-corrected chi connectivity index (χ3v) is 4.82. The number of benzene rings is 2. The summed E-state index contributed by atoms with van der Waals surface area (Å²) in [6, 6.07) is 12.6. The summed E-state index contributed by atoms with van der Waals surface area (Å²) in [4.78, 5) is 29.2. The van der Waals surface area contributed by atoms with Crippen LogP contribution in [0.2, 0.25) is 5.02 Å². The Balaban J connectivity index is 1.78. The zero-order chi connectivity index (χ0) is 20.3.